The van der Waals surface area contributed by atoms with Gasteiger partial charge in [0.15, 0.2) is 0 Å². The van der Waals surface area contributed by atoms with Gasteiger partial charge in [-0.2, -0.15) is 13.2 Å². The van der Waals surface area contributed by atoms with Crippen LogP contribution in [0.3, 0.4) is 0 Å². The zero-order chi connectivity index (χ0) is 15.5. The van der Waals surface area contributed by atoms with Crippen molar-refractivity contribution in [1.29, 1.82) is 0 Å². The number of hydrogen-bond acceptors (Lipinski definition) is 2. The molecule has 0 radical (unpaired) electrons. The monoisotopic (exact) mass is 300 g/mol. The second kappa shape index (κ2) is 6.47. The lowest BCUT2D eigenvalue weighted by Crippen LogP contribution is -2.49. The number of rotatable bonds is 3. The van der Waals surface area contributed by atoms with Crippen LogP contribution in [0, 0.1) is 5.92 Å². The number of amides is 1. The third kappa shape index (κ3) is 4.20. The highest BCUT2D eigenvalue weighted by atomic mass is 19.4. The fourth-order valence-electron chi connectivity index (χ4n) is 2.56. The van der Waals surface area contributed by atoms with Gasteiger partial charge in [0, 0.05) is 12.2 Å². The molecule has 0 aliphatic carbocycles. The summed E-state index contributed by atoms with van der Waals surface area (Å²) in [6.07, 6.45) is -3.57. The van der Waals surface area contributed by atoms with Crippen LogP contribution in [0.5, 0.6) is 0 Å². The Morgan fingerprint density at radius 1 is 1.33 bits per heavy atom. The Bertz CT molecular complexity index is 476. The number of piperidine rings is 1. The molecule has 2 atom stereocenters. The molecule has 2 rings (SSSR count). The summed E-state index contributed by atoms with van der Waals surface area (Å²) in [6.45, 7) is 2.07. The van der Waals surface area contributed by atoms with Crippen LogP contribution in [0.15, 0.2) is 30.3 Å². The molecule has 1 amide bonds. The molecule has 1 saturated heterocycles. The van der Waals surface area contributed by atoms with Gasteiger partial charge in [0.05, 0.1) is 12.0 Å². The third-order valence-corrected chi connectivity index (χ3v) is 3.88. The highest BCUT2D eigenvalue weighted by Gasteiger charge is 2.43. The molecule has 1 N–H and O–H groups in total. The van der Waals surface area contributed by atoms with Gasteiger partial charge in [0.25, 0.3) is 0 Å². The van der Waals surface area contributed by atoms with Gasteiger partial charge in [0.1, 0.15) is 0 Å². The van der Waals surface area contributed by atoms with E-state index in [1.807, 2.05) is 6.07 Å². The van der Waals surface area contributed by atoms with E-state index in [9.17, 15) is 18.0 Å². The zero-order valence-electron chi connectivity index (χ0n) is 11.9. The van der Waals surface area contributed by atoms with Crippen molar-refractivity contribution in [3.8, 4) is 0 Å². The zero-order valence-corrected chi connectivity index (χ0v) is 11.9. The fraction of sp³-hybridized carbons (Fsp3) is 0.533. The molecule has 1 heterocycles. The molecule has 0 spiro atoms. The summed E-state index contributed by atoms with van der Waals surface area (Å²) < 4.78 is 38.4. The summed E-state index contributed by atoms with van der Waals surface area (Å²) >= 11 is 0. The predicted octanol–water partition coefficient (Wildman–Crippen LogP) is 3.29. The van der Waals surface area contributed by atoms with E-state index >= 15 is 0 Å². The van der Waals surface area contributed by atoms with E-state index in [4.69, 9.17) is 0 Å². The van der Waals surface area contributed by atoms with Crippen molar-refractivity contribution in [3.05, 3.63) is 30.3 Å². The molecule has 0 saturated carbocycles. The molecule has 0 bridgehead atoms. The first kappa shape index (κ1) is 15.8. The molecule has 6 heteroatoms. The molecule has 1 aromatic carbocycles. The van der Waals surface area contributed by atoms with Crippen LogP contribution in [0.1, 0.15) is 19.8 Å². The molecule has 116 valence electrons. The lowest BCUT2D eigenvalue weighted by Gasteiger charge is -2.36. The van der Waals surface area contributed by atoms with Crippen LogP contribution in [0.25, 0.3) is 0 Å². The number of benzene rings is 1. The first-order valence-electron chi connectivity index (χ1n) is 7.04. The molecule has 2 unspecified atom stereocenters. The first-order valence-corrected chi connectivity index (χ1v) is 7.04. The predicted molar refractivity (Wildman–Crippen MR) is 74.9 cm³/mol. The normalized spacial score (nSPS) is 21.8. The highest BCUT2D eigenvalue weighted by molar-refractivity contribution is 5.94. The second-order valence-electron chi connectivity index (χ2n) is 5.41. The molecule has 21 heavy (non-hydrogen) atoms. The van der Waals surface area contributed by atoms with Crippen LogP contribution in [0.4, 0.5) is 18.9 Å². The van der Waals surface area contributed by atoms with Gasteiger partial charge in [0.2, 0.25) is 5.91 Å². The van der Waals surface area contributed by atoms with Crippen molar-refractivity contribution < 1.29 is 18.0 Å². The minimum absolute atomic E-state index is 0.104. The van der Waals surface area contributed by atoms with E-state index in [2.05, 4.69) is 5.32 Å². The highest BCUT2D eigenvalue weighted by Crippen LogP contribution is 2.33. The van der Waals surface area contributed by atoms with Crippen LogP contribution in [-0.2, 0) is 4.79 Å². The maximum Gasteiger partial charge on any atom is 0.393 e. The lowest BCUT2D eigenvalue weighted by atomic mass is 9.96. The van der Waals surface area contributed by atoms with Gasteiger partial charge in [-0.05, 0) is 38.4 Å². The second-order valence-corrected chi connectivity index (χ2v) is 5.41. The Labute approximate surface area is 122 Å². The van der Waals surface area contributed by atoms with E-state index in [0.717, 1.165) is 0 Å². The van der Waals surface area contributed by atoms with E-state index in [1.165, 1.54) is 0 Å². The van der Waals surface area contributed by atoms with Crippen LogP contribution in [-0.4, -0.2) is 36.1 Å². The van der Waals surface area contributed by atoms with Gasteiger partial charge in [-0.25, -0.2) is 0 Å². The number of para-hydroxylation sites is 1. The minimum Gasteiger partial charge on any atom is -0.325 e. The summed E-state index contributed by atoms with van der Waals surface area (Å²) in [7, 11) is 0. The van der Waals surface area contributed by atoms with Gasteiger partial charge >= 0.3 is 6.18 Å². The van der Waals surface area contributed by atoms with Crippen molar-refractivity contribution >= 4 is 11.6 Å². The van der Waals surface area contributed by atoms with Crippen molar-refractivity contribution in [2.45, 2.75) is 32.0 Å². The van der Waals surface area contributed by atoms with E-state index < -0.39 is 18.1 Å². The number of nitrogens with zero attached hydrogens (tertiary/aromatic N) is 1. The fourth-order valence-corrected chi connectivity index (χ4v) is 2.56. The summed E-state index contributed by atoms with van der Waals surface area (Å²) in [6, 6.07) is 8.34. The Morgan fingerprint density at radius 3 is 2.62 bits per heavy atom. The van der Waals surface area contributed by atoms with Crippen LogP contribution >= 0.6 is 0 Å². The maximum absolute atomic E-state index is 12.8. The molecular weight excluding hydrogens is 281 g/mol. The van der Waals surface area contributed by atoms with E-state index in [0.29, 0.717) is 18.7 Å². The molecule has 1 aliphatic heterocycles. The van der Waals surface area contributed by atoms with E-state index in [1.54, 1.807) is 36.1 Å². The van der Waals surface area contributed by atoms with Gasteiger partial charge in [-0.3, -0.25) is 9.69 Å². The number of anilines is 1. The molecule has 1 aromatic rings. The number of halogens is 3. The maximum atomic E-state index is 12.8. The number of carbonyl (C=O) groups excluding carboxylic acids is 1. The van der Waals surface area contributed by atoms with Crippen LogP contribution < -0.4 is 5.32 Å². The summed E-state index contributed by atoms with van der Waals surface area (Å²) in [4.78, 5) is 13.7. The van der Waals surface area contributed by atoms with Gasteiger partial charge in [-0.15, -0.1) is 0 Å². The summed E-state index contributed by atoms with van der Waals surface area (Å²) in [5, 5.41) is 2.73. The van der Waals surface area contributed by atoms with Gasteiger partial charge < -0.3 is 5.32 Å². The number of carbonyl (C=O) groups is 1. The smallest absolute Gasteiger partial charge is 0.325 e. The molecule has 1 fully saturated rings. The molecular formula is C15H19F3N2O. The quantitative estimate of drug-likeness (QED) is 0.929. The summed E-state index contributed by atoms with van der Waals surface area (Å²) in [5.74, 6) is -1.61. The lowest BCUT2D eigenvalue weighted by molar-refractivity contribution is -0.188. The largest absolute Gasteiger partial charge is 0.393 e. The summed E-state index contributed by atoms with van der Waals surface area (Å²) in [5.41, 5.74) is 0.652. The molecule has 3 nitrogen and oxygen atoms in total. The Morgan fingerprint density at radius 2 is 2.00 bits per heavy atom. The minimum atomic E-state index is -4.19. The number of likely N-dealkylation sites (tertiary alicyclic amines) is 1. The number of hydrogen-bond donors (Lipinski definition) is 1. The van der Waals surface area contributed by atoms with E-state index in [-0.39, 0.29) is 18.9 Å². The topological polar surface area (TPSA) is 32.3 Å². The average molecular weight is 300 g/mol. The SMILES string of the molecule is CC(C(=O)Nc1ccccc1)N1CCCC(C(F)(F)F)C1. The Kier molecular flexibility index (Phi) is 4.88. The van der Waals surface area contributed by atoms with Crippen LogP contribution in [0.2, 0.25) is 0 Å². The average Bonchev–Trinajstić information content (AvgIpc) is 2.46. The number of nitrogens with one attached hydrogen (secondary N) is 1. The molecule has 0 aromatic heterocycles. The molecule has 1 aliphatic rings. The Balaban J connectivity index is 1.96. The first-order chi connectivity index (χ1) is 9.88. The standard InChI is InChI=1S/C15H19F3N2O/c1-11(14(21)19-13-7-3-2-4-8-13)20-9-5-6-12(10-20)15(16,17)18/h2-4,7-8,11-12H,5-6,9-10H2,1H3,(H,19,21). The van der Waals surface area contributed by atoms with Crippen molar-refractivity contribution in [2.24, 2.45) is 5.92 Å². The Hall–Kier alpha value is -1.56. The third-order valence-electron chi connectivity index (χ3n) is 3.88. The van der Waals surface area contributed by atoms with Crippen molar-refractivity contribution in [1.82, 2.24) is 4.90 Å². The number of alkyl halides is 3. The van der Waals surface area contributed by atoms with Crippen molar-refractivity contribution in [2.75, 3.05) is 18.4 Å². The van der Waals surface area contributed by atoms with Gasteiger partial charge in [-0.1, -0.05) is 18.2 Å². The van der Waals surface area contributed by atoms with Crippen molar-refractivity contribution in [3.63, 3.8) is 0 Å².